The van der Waals surface area contributed by atoms with Gasteiger partial charge in [0.05, 0.1) is 14.2 Å². The third-order valence-electron chi connectivity index (χ3n) is 5.35. The summed E-state index contributed by atoms with van der Waals surface area (Å²) < 4.78 is 30.9. The standard InChI is InChI=1S/C21H30FNO6/c1-7-20(8-2,9-3)29-19(26)23-17(15-10-12-16(27-5)13-11-15)21(22,14(4)24)18(25)28-6/h10-13,17H,7-9H2,1-6H3,(H,23,26)/t17-,21+/m1/s1. The summed E-state index contributed by atoms with van der Waals surface area (Å²) in [5.74, 6) is -2.01. The first-order valence-corrected chi connectivity index (χ1v) is 9.55. The second-order valence-corrected chi connectivity index (χ2v) is 6.74. The van der Waals surface area contributed by atoms with Crippen molar-refractivity contribution in [1.82, 2.24) is 5.32 Å². The van der Waals surface area contributed by atoms with E-state index >= 15 is 4.39 Å². The van der Waals surface area contributed by atoms with Crippen molar-refractivity contribution >= 4 is 17.8 Å². The van der Waals surface area contributed by atoms with Gasteiger partial charge in [0.1, 0.15) is 17.4 Å². The minimum atomic E-state index is -3.13. The highest BCUT2D eigenvalue weighted by Crippen LogP contribution is 2.34. The minimum absolute atomic E-state index is 0.181. The Morgan fingerprint density at radius 1 is 1.03 bits per heavy atom. The molecule has 1 amide bonds. The van der Waals surface area contributed by atoms with E-state index in [1.54, 1.807) is 0 Å². The quantitative estimate of drug-likeness (QED) is 0.464. The number of hydrogen-bond acceptors (Lipinski definition) is 6. The van der Waals surface area contributed by atoms with Crippen molar-refractivity contribution in [2.24, 2.45) is 0 Å². The van der Waals surface area contributed by atoms with Gasteiger partial charge in [0.25, 0.3) is 5.67 Å². The van der Waals surface area contributed by atoms with E-state index in [2.05, 4.69) is 10.1 Å². The summed E-state index contributed by atoms with van der Waals surface area (Å²) >= 11 is 0. The summed E-state index contributed by atoms with van der Waals surface area (Å²) in [6, 6.07) is 4.32. The van der Waals surface area contributed by atoms with Crippen LogP contribution < -0.4 is 10.1 Å². The molecule has 0 heterocycles. The molecule has 2 atom stereocenters. The number of rotatable bonds is 10. The van der Waals surface area contributed by atoms with Crippen LogP contribution in [-0.4, -0.2) is 43.3 Å². The zero-order valence-electron chi connectivity index (χ0n) is 17.8. The Kier molecular flexibility index (Phi) is 8.60. The Hall–Kier alpha value is -2.64. The van der Waals surface area contributed by atoms with Gasteiger partial charge in [-0.1, -0.05) is 32.9 Å². The van der Waals surface area contributed by atoms with Crippen LogP contribution in [0.15, 0.2) is 24.3 Å². The minimum Gasteiger partial charge on any atom is -0.497 e. The molecule has 0 aromatic heterocycles. The summed E-state index contributed by atoms with van der Waals surface area (Å²) in [4.78, 5) is 37.0. The van der Waals surface area contributed by atoms with Gasteiger partial charge < -0.3 is 19.5 Å². The fourth-order valence-electron chi connectivity index (χ4n) is 3.13. The smallest absolute Gasteiger partial charge is 0.408 e. The number of methoxy groups -OCH3 is 2. The summed E-state index contributed by atoms with van der Waals surface area (Å²) in [6.07, 6.45) is 0.755. The maximum Gasteiger partial charge on any atom is 0.408 e. The molecule has 0 bridgehead atoms. The number of alkyl carbamates (subject to hydrolysis) is 1. The third-order valence-corrected chi connectivity index (χ3v) is 5.35. The average Bonchev–Trinajstić information content (AvgIpc) is 2.74. The Morgan fingerprint density at radius 2 is 1.55 bits per heavy atom. The van der Waals surface area contributed by atoms with Crippen LogP contribution in [0, 0.1) is 0 Å². The van der Waals surface area contributed by atoms with Gasteiger partial charge in [-0.2, -0.15) is 0 Å². The van der Waals surface area contributed by atoms with Gasteiger partial charge >= 0.3 is 12.1 Å². The molecule has 0 aliphatic rings. The van der Waals surface area contributed by atoms with Crippen LogP contribution in [-0.2, 0) is 19.1 Å². The molecule has 0 radical (unpaired) electrons. The van der Waals surface area contributed by atoms with Crippen molar-refractivity contribution in [2.75, 3.05) is 14.2 Å². The first kappa shape index (κ1) is 24.4. The van der Waals surface area contributed by atoms with Gasteiger partial charge in [-0.25, -0.2) is 14.0 Å². The van der Waals surface area contributed by atoms with Crippen molar-refractivity contribution in [2.45, 2.75) is 64.3 Å². The van der Waals surface area contributed by atoms with Crippen molar-refractivity contribution in [1.29, 1.82) is 0 Å². The molecule has 0 saturated carbocycles. The number of carbonyl (C=O) groups is 3. The fourth-order valence-corrected chi connectivity index (χ4v) is 3.13. The van der Waals surface area contributed by atoms with Gasteiger partial charge in [0.2, 0.25) is 0 Å². The topological polar surface area (TPSA) is 90.9 Å². The summed E-state index contributed by atoms with van der Waals surface area (Å²) in [7, 11) is 2.44. The fraction of sp³-hybridized carbons (Fsp3) is 0.571. The molecule has 8 heteroatoms. The Bertz CT molecular complexity index is 708. The van der Waals surface area contributed by atoms with Gasteiger partial charge in [-0.15, -0.1) is 0 Å². The number of alkyl halides is 1. The largest absolute Gasteiger partial charge is 0.497 e. The summed E-state index contributed by atoms with van der Waals surface area (Å²) in [5, 5.41) is 2.37. The van der Waals surface area contributed by atoms with E-state index in [0.717, 1.165) is 14.0 Å². The van der Waals surface area contributed by atoms with Gasteiger partial charge in [0.15, 0.2) is 5.78 Å². The second-order valence-electron chi connectivity index (χ2n) is 6.74. The van der Waals surface area contributed by atoms with Crippen molar-refractivity contribution in [3.63, 3.8) is 0 Å². The third kappa shape index (κ3) is 5.25. The first-order chi connectivity index (χ1) is 13.6. The molecule has 1 aromatic rings. The van der Waals surface area contributed by atoms with Crippen molar-refractivity contribution in [3.05, 3.63) is 29.8 Å². The van der Waals surface area contributed by atoms with E-state index in [0.29, 0.717) is 25.0 Å². The van der Waals surface area contributed by atoms with E-state index in [4.69, 9.17) is 9.47 Å². The first-order valence-electron chi connectivity index (χ1n) is 9.55. The zero-order valence-corrected chi connectivity index (χ0v) is 17.8. The predicted octanol–water partition coefficient (Wildman–Crippen LogP) is 3.90. The number of halogens is 1. The molecule has 1 rings (SSSR count). The Morgan fingerprint density at radius 3 is 1.93 bits per heavy atom. The summed E-state index contributed by atoms with van der Waals surface area (Å²) in [5.41, 5.74) is -3.68. The number of nitrogens with one attached hydrogen (secondary N) is 1. The van der Waals surface area contributed by atoms with Gasteiger partial charge in [-0.3, -0.25) is 4.79 Å². The molecule has 29 heavy (non-hydrogen) atoms. The number of hydrogen-bond donors (Lipinski definition) is 1. The monoisotopic (exact) mass is 411 g/mol. The molecular weight excluding hydrogens is 381 g/mol. The normalized spacial score (nSPS) is 14.3. The Balaban J connectivity index is 3.38. The molecular formula is C21H30FNO6. The van der Waals surface area contributed by atoms with Crippen LogP contribution in [0.4, 0.5) is 9.18 Å². The van der Waals surface area contributed by atoms with Crippen LogP contribution >= 0.6 is 0 Å². The maximum atomic E-state index is 15.8. The van der Waals surface area contributed by atoms with Crippen LogP contribution in [0.5, 0.6) is 5.75 Å². The van der Waals surface area contributed by atoms with Crippen LogP contribution in [0.1, 0.15) is 58.6 Å². The van der Waals surface area contributed by atoms with E-state index in [1.807, 2.05) is 20.8 Å². The molecule has 1 aromatic carbocycles. The number of benzene rings is 1. The van der Waals surface area contributed by atoms with E-state index in [1.165, 1.54) is 31.4 Å². The van der Waals surface area contributed by atoms with E-state index < -0.39 is 35.2 Å². The maximum absolute atomic E-state index is 15.8. The van der Waals surface area contributed by atoms with Crippen molar-refractivity contribution < 1.29 is 33.0 Å². The molecule has 7 nitrogen and oxygen atoms in total. The lowest BCUT2D eigenvalue weighted by Crippen LogP contribution is -2.54. The second kappa shape index (κ2) is 10.2. The van der Waals surface area contributed by atoms with Crippen LogP contribution in [0.2, 0.25) is 0 Å². The molecule has 0 aliphatic heterocycles. The molecule has 0 fully saturated rings. The number of Topliss-reactive ketones (excluding diaryl/α,β-unsaturated/α-hetero) is 1. The van der Waals surface area contributed by atoms with E-state index in [9.17, 15) is 14.4 Å². The Labute approximate surface area is 170 Å². The lowest BCUT2D eigenvalue weighted by Gasteiger charge is -2.34. The number of ketones is 1. The highest BCUT2D eigenvalue weighted by molar-refractivity contribution is 6.07. The highest BCUT2D eigenvalue weighted by Gasteiger charge is 2.54. The highest BCUT2D eigenvalue weighted by atomic mass is 19.1. The van der Waals surface area contributed by atoms with Crippen molar-refractivity contribution in [3.8, 4) is 5.75 Å². The molecule has 0 unspecified atom stereocenters. The average molecular weight is 411 g/mol. The number of carbonyl (C=O) groups excluding carboxylic acids is 3. The van der Waals surface area contributed by atoms with Gasteiger partial charge in [-0.05, 0) is 43.9 Å². The molecule has 0 aliphatic carbocycles. The lowest BCUT2D eigenvalue weighted by atomic mass is 9.87. The predicted molar refractivity (Wildman–Crippen MR) is 105 cm³/mol. The van der Waals surface area contributed by atoms with Crippen LogP contribution in [0.25, 0.3) is 0 Å². The molecule has 162 valence electrons. The zero-order chi connectivity index (χ0) is 22.2. The molecule has 0 saturated heterocycles. The molecule has 0 spiro atoms. The van der Waals surface area contributed by atoms with Gasteiger partial charge in [0, 0.05) is 0 Å². The number of amides is 1. The SMILES string of the molecule is CCC(CC)(CC)OC(=O)N[C@H](c1ccc(OC)cc1)[C@@](F)(C(C)=O)C(=O)OC. The molecule has 1 N–H and O–H groups in total. The lowest BCUT2D eigenvalue weighted by molar-refractivity contribution is -0.162. The van der Waals surface area contributed by atoms with Crippen LogP contribution in [0.3, 0.4) is 0 Å². The number of esters is 1. The summed E-state index contributed by atoms with van der Waals surface area (Å²) in [6.45, 7) is 6.56. The van der Waals surface area contributed by atoms with E-state index in [-0.39, 0.29) is 5.56 Å². The number of ether oxygens (including phenoxy) is 3.